The minimum atomic E-state index is 0. The van der Waals surface area contributed by atoms with Crippen LogP contribution in [0.2, 0.25) is 0 Å². The highest BCUT2D eigenvalue weighted by atomic mass is 35.5. The second kappa shape index (κ2) is 12.7. The first-order valence-corrected chi connectivity index (χ1v) is 7.22. The SMILES string of the molecule is CCCCOCCCNCC1CCCCC1.Cl. The highest BCUT2D eigenvalue weighted by Gasteiger charge is 2.11. The summed E-state index contributed by atoms with van der Waals surface area (Å²) in [6.07, 6.45) is 10.9. The lowest BCUT2D eigenvalue weighted by atomic mass is 9.89. The first-order valence-electron chi connectivity index (χ1n) is 7.22. The Morgan fingerprint density at radius 3 is 2.47 bits per heavy atom. The van der Waals surface area contributed by atoms with Crippen molar-refractivity contribution in [3.8, 4) is 0 Å². The molecule has 1 N–H and O–H groups in total. The van der Waals surface area contributed by atoms with Crippen LogP contribution < -0.4 is 5.32 Å². The summed E-state index contributed by atoms with van der Waals surface area (Å²) in [5, 5.41) is 3.57. The van der Waals surface area contributed by atoms with Crippen molar-refractivity contribution in [3.63, 3.8) is 0 Å². The Bertz CT molecular complexity index is 149. The fourth-order valence-electron chi connectivity index (χ4n) is 2.35. The van der Waals surface area contributed by atoms with E-state index in [0.717, 1.165) is 32.1 Å². The maximum Gasteiger partial charge on any atom is 0.0478 e. The van der Waals surface area contributed by atoms with E-state index in [0.29, 0.717) is 0 Å². The maximum atomic E-state index is 5.53. The smallest absolute Gasteiger partial charge is 0.0478 e. The third kappa shape index (κ3) is 9.87. The van der Waals surface area contributed by atoms with E-state index in [-0.39, 0.29) is 12.4 Å². The number of hydrogen-bond acceptors (Lipinski definition) is 2. The first kappa shape index (κ1) is 17.2. The average molecular weight is 264 g/mol. The molecule has 0 aromatic heterocycles. The molecule has 0 spiro atoms. The molecule has 0 atom stereocenters. The van der Waals surface area contributed by atoms with Gasteiger partial charge in [-0.25, -0.2) is 0 Å². The normalized spacial score (nSPS) is 16.8. The van der Waals surface area contributed by atoms with Gasteiger partial charge in [0.15, 0.2) is 0 Å². The Morgan fingerprint density at radius 2 is 1.76 bits per heavy atom. The Morgan fingerprint density at radius 1 is 1.06 bits per heavy atom. The molecule has 1 fully saturated rings. The quantitative estimate of drug-likeness (QED) is 0.639. The van der Waals surface area contributed by atoms with Crippen molar-refractivity contribution < 1.29 is 4.74 Å². The molecule has 0 aromatic rings. The molecule has 1 aliphatic carbocycles. The second-order valence-electron chi connectivity index (χ2n) is 5.03. The molecule has 0 heterocycles. The second-order valence-corrected chi connectivity index (χ2v) is 5.03. The molecule has 17 heavy (non-hydrogen) atoms. The number of nitrogens with one attached hydrogen (secondary N) is 1. The number of unbranched alkanes of at least 4 members (excludes halogenated alkanes) is 1. The predicted molar refractivity (Wildman–Crippen MR) is 77.0 cm³/mol. The van der Waals surface area contributed by atoms with Crippen LogP contribution in [0.3, 0.4) is 0 Å². The Kier molecular flexibility index (Phi) is 12.8. The molecule has 0 bridgehead atoms. The molecule has 0 saturated heterocycles. The average Bonchev–Trinajstić information content (AvgIpc) is 2.34. The minimum absolute atomic E-state index is 0. The molecule has 1 saturated carbocycles. The standard InChI is InChI=1S/C14H29NO.ClH/c1-2-3-11-16-12-7-10-15-13-14-8-5-4-6-9-14;/h14-15H,2-13H2,1H3;1H. The van der Waals surface area contributed by atoms with Crippen LogP contribution in [0.15, 0.2) is 0 Å². The zero-order chi connectivity index (χ0) is 11.5. The van der Waals surface area contributed by atoms with Crippen LogP contribution in [0.25, 0.3) is 0 Å². The highest BCUT2D eigenvalue weighted by Crippen LogP contribution is 2.22. The van der Waals surface area contributed by atoms with Crippen LogP contribution in [0.4, 0.5) is 0 Å². The summed E-state index contributed by atoms with van der Waals surface area (Å²) in [7, 11) is 0. The van der Waals surface area contributed by atoms with Gasteiger partial charge < -0.3 is 10.1 Å². The maximum absolute atomic E-state index is 5.53. The van der Waals surface area contributed by atoms with Crippen molar-refractivity contribution in [2.24, 2.45) is 5.92 Å². The van der Waals surface area contributed by atoms with Crippen molar-refractivity contribution >= 4 is 12.4 Å². The summed E-state index contributed by atoms with van der Waals surface area (Å²) in [6.45, 7) is 6.43. The lowest BCUT2D eigenvalue weighted by Gasteiger charge is -2.21. The predicted octanol–water partition coefficient (Wildman–Crippen LogP) is 3.78. The van der Waals surface area contributed by atoms with Gasteiger partial charge in [0.05, 0.1) is 0 Å². The number of ether oxygens (including phenoxy) is 1. The van der Waals surface area contributed by atoms with E-state index in [1.807, 2.05) is 0 Å². The van der Waals surface area contributed by atoms with E-state index in [9.17, 15) is 0 Å². The first-order chi connectivity index (χ1) is 7.93. The molecule has 1 aliphatic rings. The van der Waals surface area contributed by atoms with E-state index in [4.69, 9.17) is 4.74 Å². The fraction of sp³-hybridized carbons (Fsp3) is 1.00. The number of rotatable bonds is 9. The Hall–Kier alpha value is 0.210. The molecule has 1 rings (SSSR count). The summed E-state index contributed by atoms with van der Waals surface area (Å²) in [5.74, 6) is 0.953. The minimum Gasteiger partial charge on any atom is -0.381 e. The van der Waals surface area contributed by atoms with Gasteiger partial charge in [-0.2, -0.15) is 0 Å². The van der Waals surface area contributed by atoms with Gasteiger partial charge in [-0.15, -0.1) is 12.4 Å². The summed E-state index contributed by atoms with van der Waals surface area (Å²) in [6, 6.07) is 0. The Balaban J connectivity index is 0.00000256. The van der Waals surface area contributed by atoms with Gasteiger partial charge in [0.25, 0.3) is 0 Å². The van der Waals surface area contributed by atoms with Crippen molar-refractivity contribution in [1.29, 1.82) is 0 Å². The molecular formula is C14H30ClNO. The van der Waals surface area contributed by atoms with Crippen LogP contribution in [-0.4, -0.2) is 26.3 Å². The van der Waals surface area contributed by atoms with Crippen molar-refractivity contribution in [1.82, 2.24) is 5.32 Å². The van der Waals surface area contributed by atoms with Crippen molar-refractivity contribution in [2.45, 2.75) is 58.3 Å². The van der Waals surface area contributed by atoms with E-state index in [1.54, 1.807) is 0 Å². The molecule has 0 amide bonds. The monoisotopic (exact) mass is 263 g/mol. The third-order valence-electron chi connectivity index (χ3n) is 3.44. The van der Waals surface area contributed by atoms with Crippen LogP contribution in [0.5, 0.6) is 0 Å². The molecule has 0 aromatic carbocycles. The van der Waals surface area contributed by atoms with Gasteiger partial charge in [0, 0.05) is 13.2 Å². The van der Waals surface area contributed by atoms with Gasteiger partial charge in [-0.1, -0.05) is 32.6 Å². The van der Waals surface area contributed by atoms with Gasteiger partial charge in [-0.3, -0.25) is 0 Å². The molecule has 104 valence electrons. The van der Waals surface area contributed by atoms with Crippen LogP contribution in [0, 0.1) is 5.92 Å². The number of halogens is 1. The van der Waals surface area contributed by atoms with Gasteiger partial charge in [0.1, 0.15) is 0 Å². The molecule has 3 heteroatoms. The molecule has 0 radical (unpaired) electrons. The number of hydrogen-bond donors (Lipinski definition) is 1. The topological polar surface area (TPSA) is 21.3 Å². The Labute approximate surface area is 113 Å². The highest BCUT2D eigenvalue weighted by molar-refractivity contribution is 5.85. The zero-order valence-corrected chi connectivity index (χ0v) is 12.2. The fourth-order valence-corrected chi connectivity index (χ4v) is 2.35. The van der Waals surface area contributed by atoms with Crippen LogP contribution >= 0.6 is 12.4 Å². The lowest BCUT2D eigenvalue weighted by molar-refractivity contribution is 0.128. The zero-order valence-electron chi connectivity index (χ0n) is 11.4. The third-order valence-corrected chi connectivity index (χ3v) is 3.44. The molecule has 0 unspecified atom stereocenters. The van der Waals surface area contributed by atoms with Crippen molar-refractivity contribution in [3.05, 3.63) is 0 Å². The van der Waals surface area contributed by atoms with Crippen molar-refractivity contribution in [2.75, 3.05) is 26.3 Å². The van der Waals surface area contributed by atoms with E-state index >= 15 is 0 Å². The summed E-state index contributed by atoms with van der Waals surface area (Å²) >= 11 is 0. The summed E-state index contributed by atoms with van der Waals surface area (Å²) < 4.78 is 5.53. The van der Waals surface area contributed by atoms with E-state index in [2.05, 4.69) is 12.2 Å². The van der Waals surface area contributed by atoms with Crippen LogP contribution in [-0.2, 0) is 4.74 Å². The van der Waals surface area contributed by atoms with Gasteiger partial charge in [-0.05, 0) is 44.7 Å². The summed E-state index contributed by atoms with van der Waals surface area (Å²) in [4.78, 5) is 0. The molecular weight excluding hydrogens is 234 g/mol. The van der Waals surface area contributed by atoms with Gasteiger partial charge >= 0.3 is 0 Å². The van der Waals surface area contributed by atoms with Crippen LogP contribution in [0.1, 0.15) is 58.3 Å². The lowest BCUT2D eigenvalue weighted by Crippen LogP contribution is -2.26. The van der Waals surface area contributed by atoms with E-state index in [1.165, 1.54) is 51.5 Å². The summed E-state index contributed by atoms with van der Waals surface area (Å²) in [5.41, 5.74) is 0. The van der Waals surface area contributed by atoms with E-state index < -0.39 is 0 Å². The van der Waals surface area contributed by atoms with Gasteiger partial charge in [0.2, 0.25) is 0 Å². The largest absolute Gasteiger partial charge is 0.381 e. The molecule has 2 nitrogen and oxygen atoms in total. The molecule has 0 aliphatic heterocycles.